The number of carbonyl (C=O) groups is 4. The van der Waals surface area contributed by atoms with Crippen LogP contribution in [0.4, 0.5) is 5.69 Å². The van der Waals surface area contributed by atoms with Crippen LogP contribution in [-0.2, 0) is 25.5 Å². The van der Waals surface area contributed by atoms with Crippen LogP contribution in [0.15, 0.2) is 54.6 Å². The first-order chi connectivity index (χ1) is 17.9. The highest BCUT2D eigenvalue weighted by molar-refractivity contribution is 5.98. The van der Waals surface area contributed by atoms with Crippen LogP contribution in [0.3, 0.4) is 0 Å². The zero-order valence-corrected chi connectivity index (χ0v) is 21.3. The van der Waals surface area contributed by atoms with Crippen molar-refractivity contribution in [3.05, 3.63) is 65.7 Å². The summed E-state index contributed by atoms with van der Waals surface area (Å²) in [6, 6.07) is 15.4. The molecule has 37 heavy (non-hydrogen) atoms. The number of rotatable bonds is 12. The predicted molar refractivity (Wildman–Crippen MR) is 140 cm³/mol. The molecule has 2 atom stereocenters. The normalized spacial score (nSPS) is 15.3. The third-order valence-corrected chi connectivity index (χ3v) is 6.93. The maximum Gasteiger partial charge on any atom is 0.337 e. The van der Waals surface area contributed by atoms with Crippen molar-refractivity contribution in [2.75, 3.05) is 12.4 Å². The first kappa shape index (κ1) is 27.9. The third-order valence-electron chi connectivity index (χ3n) is 6.93. The van der Waals surface area contributed by atoms with E-state index in [1.54, 1.807) is 24.3 Å². The Kier molecular flexibility index (Phi) is 10.7. The standard InChI is InChI=1S/C29H36N2O6/c1-37-29(36)22-15-17-24(18-16-22)30-28(35)26(21-12-6-3-7-13-21)31-27(34)23(19-25(32)33)14-8-11-20-9-4-2-5-10-20/h2,4-5,9-10,15-18,21,23,26H,3,6-8,11-14,19H2,1H3,(H,30,35)(H,31,34)(H,32,33). The lowest BCUT2D eigenvalue weighted by Crippen LogP contribution is -2.51. The van der Waals surface area contributed by atoms with E-state index in [0.717, 1.165) is 44.1 Å². The second kappa shape index (κ2) is 14.2. The van der Waals surface area contributed by atoms with E-state index >= 15 is 0 Å². The van der Waals surface area contributed by atoms with Gasteiger partial charge in [-0.3, -0.25) is 14.4 Å². The largest absolute Gasteiger partial charge is 0.481 e. The Morgan fingerprint density at radius 2 is 1.62 bits per heavy atom. The maximum absolute atomic E-state index is 13.3. The number of anilines is 1. The van der Waals surface area contributed by atoms with Gasteiger partial charge in [0.15, 0.2) is 0 Å². The number of aryl methyl sites for hydroxylation is 1. The molecule has 0 bridgehead atoms. The van der Waals surface area contributed by atoms with Gasteiger partial charge in [0.1, 0.15) is 6.04 Å². The SMILES string of the molecule is COC(=O)c1ccc(NC(=O)C(NC(=O)C(CCCc2ccccc2)CC(=O)O)C2CCCCC2)cc1. The molecule has 2 aromatic carbocycles. The van der Waals surface area contributed by atoms with E-state index in [1.165, 1.54) is 7.11 Å². The molecule has 0 saturated heterocycles. The van der Waals surface area contributed by atoms with Crippen LogP contribution >= 0.6 is 0 Å². The molecule has 2 amide bonds. The van der Waals surface area contributed by atoms with Crippen molar-refractivity contribution >= 4 is 29.4 Å². The molecule has 0 spiro atoms. The van der Waals surface area contributed by atoms with Gasteiger partial charge in [-0.2, -0.15) is 0 Å². The van der Waals surface area contributed by atoms with Gasteiger partial charge in [-0.1, -0.05) is 49.6 Å². The maximum atomic E-state index is 13.3. The van der Waals surface area contributed by atoms with Gasteiger partial charge in [0.05, 0.1) is 19.1 Å². The molecule has 0 aromatic heterocycles. The van der Waals surface area contributed by atoms with Gasteiger partial charge >= 0.3 is 11.9 Å². The Morgan fingerprint density at radius 1 is 0.946 bits per heavy atom. The van der Waals surface area contributed by atoms with Crippen LogP contribution in [0.2, 0.25) is 0 Å². The minimum absolute atomic E-state index is 0.0261. The second-order valence-corrected chi connectivity index (χ2v) is 9.62. The number of amides is 2. The molecule has 198 valence electrons. The van der Waals surface area contributed by atoms with Gasteiger partial charge < -0.3 is 20.5 Å². The molecule has 2 unspecified atom stereocenters. The van der Waals surface area contributed by atoms with Crippen LogP contribution in [0.5, 0.6) is 0 Å². The van der Waals surface area contributed by atoms with E-state index in [2.05, 4.69) is 10.6 Å². The number of hydrogen-bond acceptors (Lipinski definition) is 5. The quantitative estimate of drug-likeness (QED) is 0.361. The zero-order valence-electron chi connectivity index (χ0n) is 21.3. The van der Waals surface area contributed by atoms with Gasteiger partial charge in [0, 0.05) is 11.6 Å². The molecule has 1 aliphatic rings. The third kappa shape index (κ3) is 8.74. The zero-order chi connectivity index (χ0) is 26.6. The summed E-state index contributed by atoms with van der Waals surface area (Å²) < 4.78 is 4.71. The first-order valence-electron chi connectivity index (χ1n) is 12.9. The molecular weight excluding hydrogens is 472 g/mol. The number of carboxylic acids is 1. The van der Waals surface area contributed by atoms with Gasteiger partial charge in [0.25, 0.3) is 0 Å². The number of carboxylic acid groups (broad SMARTS) is 1. The number of esters is 1. The summed E-state index contributed by atoms with van der Waals surface area (Å²) in [5.74, 6) is -3.00. The fraction of sp³-hybridized carbons (Fsp3) is 0.448. The highest BCUT2D eigenvalue weighted by atomic mass is 16.5. The molecule has 3 rings (SSSR count). The number of aliphatic carboxylic acids is 1. The van der Waals surface area contributed by atoms with E-state index in [9.17, 15) is 24.3 Å². The molecule has 8 heteroatoms. The Morgan fingerprint density at radius 3 is 2.24 bits per heavy atom. The van der Waals surface area contributed by atoms with Crippen LogP contribution < -0.4 is 10.6 Å². The minimum atomic E-state index is -1.04. The molecule has 8 nitrogen and oxygen atoms in total. The number of hydrogen-bond donors (Lipinski definition) is 3. The van der Waals surface area contributed by atoms with Crippen LogP contribution in [0.1, 0.15) is 67.3 Å². The monoisotopic (exact) mass is 508 g/mol. The molecule has 1 saturated carbocycles. The first-order valence-corrected chi connectivity index (χ1v) is 12.9. The van der Waals surface area contributed by atoms with E-state index in [1.807, 2.05) is 30.3 Å². The van der Waals surface area contributed by atoms with Crippen molar-refractivity contribution in [1.29, 1.82) is 0 Å². The van der Waals surface area contributed by atoms with Gasteiger partial charge in [-0.05, 0) is 67.9 Å². The fourth-order valence-electron chi connectivity index (χ4n) is 4.90. The van der Waals surface area contributed by atoms with Gasteiger partial charge in [0.2, 0.25) is 11.8 Å². The van der Waals surface area contributed by atoms with Crippen molar-refractivity contribution in [1.82, 2.24) is 5.32 Å². The van der Waals surface area contributed by atoms with E-state index in [4.69, 9.17) is 4.74 Å². The lowest BCUT2D eigenvalue weighted by molar-refractivity contribution is -0.141. The summed E-state index contributed by atoms with van der Waals surface area (Å²) in [4.78, 5) is 49.8. The van der Waals surface area contributed by atoms with E-state index in [0.29, 0.717) is 24.1 Å². The molecule has 1 fully saturated rings. The topological polar surface area (TPSA) is 122 Å². The number of nitrogens with one attached hydrogen (secondary N) is 2. The Labute approximate surface area is 217 Å². The van der Waals surface area contributed by atoms with Crippen molar-refractivity contribution in [2.45, 2.75) is 63.8 Å². The van der Waals surface area contributed by atoms with E-state index in [-0.39, 0.29) is 18.2 Å². The molecule has 0 aliphatic heterocycles. The smallest absolute Gasteiger partial charge is 0.337 e. The fourth-order valence-corrected chi connectivity index (χ4v) is 4.90. The van der Waals surface area contributed by atoms with Crippen molar-refractivity contribution in [3.8, 4) is 0 Å². The lowest BCUT2D eigenvalue weighted by atomic mass is 9.83. The lowest BCUT2D eigenvalue weighted by Gasteiger charge is -2.31. The van der Waals surface area contributed by atoms with Crippen molar-refractivity contribution in [2.24, 2.45) is 11.8 Å². The van der Waals surface area contributed by atoms with Crippen molar-refractivity contribution < 1.29 is 29.0 Å². The molecule has 0 heterocycles. The summed E-state index contributed by atoms with van der Waals surface area (Å²) in [7, 11) is 1.30. The van der Waals surface area contributed by atoms with Crippen LogP contribution in [0, 0.1) is 11.8 Å². The summed E-state index contributed by atoms with van der Waals surface area (Å²) in [5, 5.41) is 15.2. The highest BCUT2D eigenvalue weighted by Gasteiger charge is 2.33. The molecular formula is C29H36N2O6. The van der Waals surface area contributed by atoms with Gasteiger partial charge in [-0.15, -0.1) is 0 Å². The Hall–Kier alpha value is -3.68. The number of carbonyl (C=O) groups excluding carboxylic acids is 3. The minimum Gasteiger partial charge on any atom is -0.481 e. The number of methoxy groups -OCH3 is 1. The van der Waals surface area contributed by atoms with E-state index < -0.39 is 29.8 Å². The number of benzene rings is 2. The molecule has 0 radical (unpaired) electrons. The second-order valence-electron chi connectivity index (χ2n) is 9.62. The molecule has 1 aliphatic carbocycles. The molecule has 3 N–H and O–H groups in total. The average molecular weight is 509 g/mol. The summed E-state index contributed by atoms with van der Waals surface area (Å²) in [5.41, 5.74) is 2.00. The number of ether oxygens (including phenoxy) is 1. The Balaban J connectivity index is 1.69. The summed E-state index contributed by atoms with van der Waals surface area (Å²) in [6.07, 6.45) is 6.24. The average Bonchev–Trinajstić information content (AvgIpc) is 2.91. The van der Waals surface area contributed by atoms with Crippen LogP contribution in [0.25, 0.3) is 0 Å². The van der Waals surface area contributed by atoms with Gasteiger partial charge in [-0.25, -0.2) is 4.79 Å². The van der Waals surface area contributed by atoms with Crippen molar-refractivity contribution in [3.63, 3.8) is 0 Å². The Bertz CT molecular complexity index is 1050. The highest BCUT2D eigenvalue weighted by Crippen LogP contribution is 2.28. The van der Waals surface area contributed by atoms with Crippen LogP contribution in [-0.4, -0.2) is 42.0 Å². The predicted octanol–water partition coefficient (Wildman–Crippen LogP) is 4.59. The summed E-state index contributed by atoms with van der Waals surface area (Å²) >= 11 is 0. The molecule has 2 aromatic rings. The summed E-state index contributed by atoms with van der Waals surface area (Å²) in [6.45, 7) is 0.